The number of carbonyl (C=O) groups is 2. The molecule has 0 saturated carbocycles. The van der Waals surface area contributed by atoms with Crippen LogP contribution in [0.15, 0.2) is 30.3 Å². The third kappa shape index (κ3) is 2.64. The fourth-order valence-corrected chi connectivity index (χ4v) is 1.86. The molecular weight excluding hydrogens is 218 g/mol. The fourth-order valence-electron chi connectivity index (χ4n) is 1.86. The van der Waals surface area contributed by atoms with Crippen molar-refractivity contribution in [2.24, 2.45) is 0 Å². The SMILES string of the molecule is CC1C(=O)CCN1C(=O)OCc1ccccc1. The van der Waals surface area contributed by atoms with Crippen LogP contribution in [0.3, 0.4) is 0 Å². The van der Waals surface area contributed by atoms with Gasteiger partial charge in [-0.2, -0.15) is 0 Å². The van der Waals surface area contributed by atoms with Crippen molar-refractivity contribution in [1.82, 2.24) is 4.90 Å². The van der Waals surface area contributed by atoms with Crippen LogP contribution >= 0.6 is 0 Å². The molecule has 1 aromatic carbocycles. The van der Waals surface area contributed by atoms with Gasteiger partial charge in [0.25, 0.3) is 0 Å². The molecule has 4 heteroatoms. The van der Waals surface area contributed by atoms with Gasteiger partial charge in [0.15, 0.2) is 5.78 Å². The predicted octanol–water partition coefficient (Wildman–Crippen LogP) is 1.99. The number of benzene rings is 1. The minimum atomic E-state index is -0.410. The van der Waals surface area contributed by atoms with Crippen LogP contribution in [0.1, 0.15) is 18.9 Å². The van der Waals surface area contributed by atoms with Crippen molar-refractivity contribution in [3.63, 3.8) is 0 Å². The minimum Gasteiger partial charge on any atom is -0.445 e. The Morgan fingerprint density at radius 1 is 1.41 bits per heavy atom. The van der Waals surface area contributed by atoms with Crippen molar-refractivity contribution in [2.45, 2.75) is 26.0 Å². The third-order valence-corrected chi connectivity index (χ3v) is 2.97. The van der Waals surface area contributed by atoms with Crippen LogP contribution in [-0.4, -0.2) is 29.4 Å². The number of likely N-dealkylation sites (tertiary alicyclic amines) is 1. The highest BCUT2D eigenvalue weighted by molar-refractivity contribution is 5.90. The molecule has 0 aromatic heterocycles. The van der Waals surface area contributed by atoms with Crippen molar-refractivity contribution in [1.29, 1.82) is 0 Å². The molecule has 2 rings (SSSR count). The van der Waals surface area contributed by atoms with Crippen molar-refractivity contribution in [3.8, 4) is 0 Å². The normalized spacial score (nSPS) is 19.5. The van der Waals surface area contributed by atoms with E-state index in [-0.39, 0.29) is 18.4 Å². The van der Waals surface area contributed by atoms with Gasteiger partial charge < -0.3 is 4.74 Å². The van der Waals surface area contributed by atoms with E-state index >= 15 is 0 Å². The first-order chi connectivity index (χ1) is 8.18. The molecule has 1 heterocycles. The van der Waals surface area contributed by atoms with Crippen LogP contribution in [-0.2, 0) is 16.1 Å². The molecule has 1 aromatic rings. The van der Waals surface area contributed by atoms with Crippen molar-refractivity contribution in [2.75, 3.05) is 6.54 Å². The monoisotopic (exact) mass is 233 g/mol. The zero-order chi connectivity index (χ0) is 12.3. The smallest absolute Gasteiger partial charge is 0.410 e. The van der Waals surface area contributed by atoms with Gasteiger partial charge in [-0.15, -0.1) is 0 Å². The van der Waals surface area contributed by atoms with E-state index in [9.17, 15) is 9.59 Å². The molecule has 4 nitrogen and oxygen atoms in total. The molecular formula is C13H15NO3. The lowest BCUT2D eigenvalue weighted by Gasteiger charge is -2.19. The second kappa shape index (κ2) is 4.99. The first-order valence-electron chi connectivity index (χ1n) is 5.68. The summed E-state index contributed by atoms with van der Waals surface area (Å²) in [5.41, 5.74) is 0.944. The Morgan fingerprint density at radius 3 is 2.71 bits per heavy atom. The molecule has 1 unspecified atom stereocenters. The van der Waals surface area contributed by atoms with Gasteiger partial charge in [-0.3, -0.25) is 9.69 Å². The number of hydrogen-bond acceptors (Lipinski definition) is 3. The second-order valence-corrected chi connectivity index (χ2v) is 4.13. The summed E-state index contributed by atoms with van der Waals surface area (Å²) in [6.45, 7) is 2.45. The minimum absolute atomic E-state index is 0.0988. The Bertz CT molecular complexity index is 416. The van der Waals surface area contributed by atoms with Crippen LogP contribution in [0.2, 0.25) is 0 Å². The molecule has 1 fully saturated rings. The number of nitrogens with zero attached hydrogens (tertiary/aromatic N) is 1. The number of hydrogen-bond donors (Lipinski definition) is 0. The lowest BCUT2D eigenvalue weighted by molar-refractivity contribution is -0.119. The van der Waals surface area contributed by atoms with Gasteiger partial charge in [-0.1, -0.05) is 30.3 Å². The number of ether oxygens (including phenoxy) is 1. The van der Waals surface area contributed by atoms with Gasteiger partial charge >= 0.3 is 6.09 Å². The highest BCUT2D eigenvalue weighted by atomic mass is 16.6. The summed E-state index contributed by atoms with van der Waals surface area (Å²) >= 11 is 0. The lowest BCUT2D eigenvalue weighted by atomic mass is 10.2. The Labute approximate surface area is 100 Å². The summed E-state index contributed by atoms with van der Waals surface area (Å²) in [6.07, 6.45) is 0.0221. The maximum Gasteiger partial charge on any atom is 0.410 e. The summed E-state index contributed by atoms with van der Waals surface area (Å²) < 4.78 is 5.17. The first kappa shape index (κ1) is 11.6. The predicted molar refractivity (Wildman–Crippen MR) is 62.4 cm³/mol. The van der Waals surface area contributed by atoms with E-state index in [1.165, 1.54) is 4.90 Å². The van der Waals surface area contributed by atoms with Crippen LogP contribution in [0.5, 0.6) is 0 Å². The molecule has 0 radical (unpaired) electrons. The maximum absolute atomic E-state index is 11.7. The average Bonchev–Trinajstić information content (AvgIpc) is 2.69. The number of rotatable bonds is 2. The second-order valence-electron chi connectivity index (χ2n) is 4.13. The van der Waals surface area contributed by atoms with E-state index in [2.05, 4.69) is 0 Å². The fraction of sp³-hybridized carbons (Fsp3) is 0.385. The molecule has 17 heavy (non-hydrogen) atoms. The van der Waals surface area contributed by atoms with Gasteiger partial charge in [-0.25, -0.2) is 4.79 Å². The highest BCUT2D eigenvalue weighted by Crippen LogP contribution is 2.15. The van der Waals surface area contributed by atoms with Gasteiger partial charge in [0.1, 0.15) is 6.61 Å². The maximum atomic E-state index is 11.7. The summed E-state index contributed by atoms with van der Waals surface area (Å²) in [7, 11) is 0. The summed E-state index contributed by atoms with van der Waals surface area (Å²) in [5.74, 6) is 0.0988. The van der Waals surface area contributed by atoms with E-state index in [0.29, 0.717) is 13.0 Å². The van der Waals surface area contributed by atoms with E-state index in [1.807, 2.05) is 30.3 Å². The molecule has 0 spiro atoms. The molecule has 0 aliphatic carbocycles. The lowest BCUT2D eigenvalue weighted by Crippen LogP contribution is -2.36. The molecule has 1 aliphatic rings. The first-order valence-corrected chi connectivity index (χ1v) is 5.68. The summed E-state index contributed by atoms with van der Waals surface area (Å²) in [6, 6.07) is 9.14. The summed E-state index contributed by atoms with van der Waals surface area (Å²) in [4.78, 5) is 24.5. The standard InChI is InChI=1S/C13H15NO3/c1-10-12(15)7-8-14(10)13(16)17-9-11-5-3-2-4-6-11/h2-6,10H,7-9H2,1H3. The zero-order valence-corrected chi connectivity index (χ0v) is 9.76. The highest BCUT2D eigenvalue weighted by Gasteiger charge is 2.32. The largest absolute Gasteiger partial charge is 0.445 e. The van der Waals surface area contributed by atoms with Crippen molar-refractivity contribution in [3.05, 3.63) is 35.9 Å². The Kier molecular flexibility index (Phi) is 3.42. The van der Waals surface area contributed by atoms with Crippen LogP contribution < -0.4 is 0 Å². The van der Waals surface area contributed by atoms with Gasteiger partial charge in [0, 0.05) is 13.0 Å². The Morgan fingerprint density at radius 2 is 2.12 bits per heavy atom. The zero-order valence-electron chi connectivity index (χ0n) is 9.76. The van der Waals surface area contributed by atoms with Crippen molar-refractivity contribution < 1.29 is 14.3 Å². The number of Topliss-reactive ketones (excluding diaryl/α,β-unsaturated/α-hetero) is 1. The molecule has 0 N–H and O–H groups in total. The van der Waals surface area contributed by atoms with Crippen LogP contribution in [0.4, 0.5) is 4.79 Å². The van der Waals surface area contributed by atoms with Crippen molar-refractivity contribution >= 4 is 11.9 Å². The molecule has 0 bridgehead atoms. The van der Waals surface area contributed by atoms with Crippen LogP contribution in [0, 0.1) is 0 Å². The molecule has 1 aliphatic heterocycles. The summed E-state index contributed by atoms with van der Waals surface area (Å²) in [5, 5.41) is 0. The molecule has 90 valence electrons. The number of ketones is 1. The van der Waals surface area contributed by atoms with E-state index in [1.54, 1.807) is 6.92 Å². The number of amides is 1. The topological polar surface area (TPSA) is 46.6 Å². The Balaban J connectivity index is 1.88. The van der Waals surface area contributed by atoms with Gasteiger partial charge in [0.05, 0.1) is 6.04 Å². The van der Waals surface area contributed by atoms with E-state index in [4.69, 9.17) is 4.74 Å². The van der Waals surface area contributed by atoms with E-state index < -0.39 is 6.09 Å². The average molecular weight is 233 g/mol. The third-order valence-electron chi connectivity index (χ3n) is 2.97. The van der Waals surface area contributed by atoms with Crippen LogP contribution in [0.25, 0.3) is 0 Å². The number of carbonyl (C=O) groups excluding carboxylic acids is 2. The quantitative estimate of drug-likeness (QED) is 0.784. The molecule has 1 saturated heterocycles. The Hall–Kier alpha value is -1.84. The van der Waals surface area contributed by atoms with Gasteiger partial charge in [0.2, 0.25) is 0 Å². The molecule has 1 atom stereocenters. The van der Waals surface area contributed by atoms with Gasteiger partial charge in [-0.05, 0) is 12.5 Å². The van der Waals surface area contributed by atoms with E-state index in [0.717, 1.165) is 5.56 Å². The molecule has 1 amide bonds.